The summed E-state index contributed by atoms with van der Waals surface area (Å²) in [5.74, 6) is 0.924. The number of aryl methyl sites for hydroxylation is 9. The van der Waals surface area contributed by atoms with Gasteiger partial charge in [0.25, 0.3) is 32.1 Å². The molecule has 0 aromatic carbocycles. The molecule has 0 aliphatic rings. The monoisotopic (exact) mass is 1150 g/mol. The minimum absolute atomic E-state index is 0.0810. The van der Waals surface area contributed by atoms with Gasteiger partial charge in [0.2, 0.25) is 11.9 Å². The third-order valence-corrected chi connectivity index (χ3v) is 10.3. The molecule has 0 spiro atoms. The summed E-state index contributed by atoms with van der Waals surface area (Å²) in [5.41, 5.74) is -0.301. The van der Waals surface area contributed by atoms with Crippen molar-refractivity contribution in [3.8, 4) is 0 Å². The van der Waals surface area contributed by atoms with Crippen LogP contribution in [0.25, 0.3) is 0 Å². The first-order valence-corrected chi connectivity index (χ1v) is 22.1. The fourth-order valence-corrected chi connectivity index (χ4v) is 6.07. The second kappa shape index (κ2) is 31.1. The van der Waals surface area contributed by atoms with Gasteiger partial charge in [-0.3, -0.25) is 9.36 Å². The Morgan fingerprint density at radius 3 is 1.31 bits per heavy atom. The second-order valence-corrected chi connectivity index (χ2v) is 17.4. The van der Waals surface area contributed by atoms with Gasteiger partial charge in [-0.1, -0.05) is 17.7 Å². The predicted molar refractivity (Wildman–Crippen MR) is 245 cm³/mol. The van der Waals surface area contributed by atoms with E-state index in [-0.39, 0.29) is 33.7 Å². The predicted octanol–water partition coefficient (Wildman–Crippen LogP) is 14.3. The van der Waals surface area contributed by atoms with Crippen molar-refractivity contribution < 1.29 is 57.1 Å². The van der Waals surface area contributed by atoms with E-state index in [1.807, 2.05) is 32.0 Å². The molecule has 0 saturated heterocycles. The Labute approximate surface area is 410 Å². The van der Waals surface area contributed by atoms with E-state index in [1.165, 1.54) is 78.3 Å². The van der Waals surface area contributed by atoms with Gasteiger partial charge in [-0.2, -0.15) is 29.2 Å². The molecule has 27 heteroatoms. The van der Waals surface area contributed by atoms with Crippen LogP contribution in [0.4, 0.5) is 52.7 Å². The Kier molecular flexibility index (Phi) is 27.9. The lowest BCUT2D eigenvalue weighted by atomic mass is 10.4. The van der Waals surface area contributed by atoms with Crippen LogP contribution in [0.2, 0.25) is 5.15 Å². The van der Waals surface area contributed by atoms with E-state index in [0.717, 1.165) is 22.3 Å². The molecule has 0 aliphatic heterocycles. The highest BCUT2D eigenvalue weighted by atomic mass is 127. The van der Waals surface area contributed by atoms with Crippen LogP contribution in [0, 0.1) is 42.5 Å². The zero-order valence-electron chi connectivity index (χ0n) is 37.5. The summed E-state index contributed by atoms with van der Waals surface area (Å²) in [4.78, 5) is 3.58. The van der Waals surface area contributed by atoms with Crippen LogP contribution in [0.1, 0.15) is 82.7 Å². The number of alkyl halides is 10. The van der Waals surface area contributed by atoms with Crippen molar-refractivity contribution in [2.24, 2.45) is 35.2 Å². The van der Waals surface area contributed by atoms with E-state index in [1.54, 1.807) is 57.1 Å². The van der Waals surface area contributed by atoms with Crippen molar-refractivity contribution in [2.75, 3.05) is 0 Å². The van der Waals surface area contributed by atoms with Gasteiger partial charge in [0.15, 0.2) is 0 Å². The van der Waals surface area contributed by atoms with E-state index >= 15 is 0 Å². The summed E-state index contributed by atoms with van der Waals surface area (Å²) in [5, 5.41) is 18.2. The van der Waals surface area contributed by atoms with Crippen molar-refractivity contribution in [1.82, 2.24) is 48.7 Å². The highest BCUT2D eigenvalue weighted by molar-refractivity contribution is 14.1. The molecule has 8 heterocycles. The molecule has 0 amide bonds. The fraction of sp³-hybridized carbons (Fsp3) is 0.341. The minimum atomic E-state index is -2.70. The molecular weight excluding hydrogens is 1100 g/mol. The maximum Gasteiger partial charge on any atom is 0.282 e. The Morgan fingerprint density at radius 1 is 0.588 bits per heavy atom. The molecule has 8 rings (SSSR count). The molecule has 68 heavy (non-hydrogen) atoms. The number of furan rings is 1. The first kappa shape index (κ1) is 60.9. The number of nitrogens with zero attached hydrogens (tertiary/aromatic N) is 10. The third-order valence-electron chi connectivity index (χ3n) is 7.36. The summed E-state index contributed by atoms with van der Waals surface area (Å²) in [6, 6.07) is 14.0. The summed E-state index contributed by atoms with van der Waals surface area (Å²) >= 11 is 10.7. The van der Waals surface area contributed by atoms with Gasteiger partial charge in [-0.05, 0) is 86.0 Å². The van der Waals surface area contributed by atoms with Crippen LogP contribution >= 0.6 is 56.9 Å². The molecule has 0 radical (unpaired) electrons. The van der Waals surface area contributed by atoms with Crippen LogP contribution in [-0.2, 0) is 35.2 Å². The highest BCUT2D eigenvalue weighted by Crippen LogP contribution is 2.22. The molecule has 376 valence electrons. The van der Waals surface area contributed by atoms with Crippen molar-refractivity contribution in [2.45, 2.75) is 59.8 Å². The summed E-state index contributed by atoms with van der Waals surface area (Å²) < 4.78 is 155. The lowest BCUT2D eigenvalue weighted by Gasteiger charge is -1.89. The van der Waals surface area contributed by atoms with E-state index in [2.05, 4.69) is 59.4 Å². The zero-order valence-corrected chi connectivity index (χ0v) is 42.0. The Morgan fingerprint density at radius 2 is 1.12 bits per heavy atom. The number of thiophene rings is 1. The number of hydrogen-bond donors (Lipinski definition) is 0. The summed E-state index contributed by atoms with van der Waals surface area (Å²) in [7, 11) is 7.66. The van der Waals surface area contributed by atoms with Gasteiger partial charge in [-0.15, -0.1) is 22.7 Å². The van der Waals surface area contributed by atoms with Gasteiger partial charge in [0, 0.05) is 83.0 Å². The maximum atomic E-state index is 12.3. The van der Waals surface area contributed by atoms with E-state index in [0.29, 0.717) is 16.8 Å². The first-order valence-electron chi connectivity index (χ1n) is 18.9. The Hall–Kier alpha value is -5.09. The number of hydrogen-bond acceptors (Lipinski definition) is 8. The van der Waals surface area contributed by atoms with Crippen molar-refractivity contribution >= 4 is 56.9 Å². The SMILES string of the molecule is Cc1cc(F)n(C)n1.Cc1ccc(C)o1.Cc1nc(C(F)F)cs1.Cn1ccc(C(F)F)c1.Cn1ccc(C(F)F)n1.Cn1nc(C(F)F)cc1Cl.Cn1nc(C(F)F)cc1F.Ic1cccs1. The van der Waals surface area contributed by atoms with Gasteiger partial charge < -0.3 is 8.98 Å². The van der Waals surface area contributed by atoms with E-state index in [4.69, 9.17) is 16.0 Å². The largest absolute Gasteiger partial charge is 0.467 e. The molecular formula is C41H46ClF12IN10OS2. The average molecular weight is 1150 g/mol. The van der Waals surface area contributed by atoms with Crippen molar-refractivity contribution in [3.05, 3.63) is 154 Å². The third kappa shape index (κ3) is 24.8. The molecule has 8 aromatic heterocycles. The van der Waals surface area contributed by atoms with Gasteiger partial charge in [0.1, 0.15) is 39.4 Å². The number of thiazole rings is 1. The van der Waals surface area contributed by atoms with Gasteiger partial charge in [-0.25, -0.2) is 58.3 Å². The lowest BCUT2D eigenvalue weighted by molar-refractivity contribution is 0.145. The fourth-order valence-electron chi connectivity index (χ4n) is 4.22. The molecule has 0 saturated carbocycles. The van der Waals surface area contributed by atoms with E-state index in [9.17, 15) is 52.7 Å². The smallest absolute Gasteiger partial charge is 0.282 e. The normalized spacial score (nSPS) is 10.4. The second-order valence-electron chi connectivity index (χ2n) is 13.2. The maximum absolute atomic E-state index is 12.3. The molecule has 0 bridgehead atoms. The van der Waals surface area contributed by atoms with Crippen LogP contribution in [-0.4, -0.2) is 48.7 Å². The van der Waals surface area contributed by atoms with Crippen LogP contribution in [0.5, 0.6) is 0 Å². The highest BCUT2D eigenvalue weighted by Gasteiger charge is 2.14. The molecule has 11 nitrogen and oxygen atoms in total. The molecule has 0 aliphatic carbocycles. The van der Waals surface area contributed by atoms with Crippen LogP contribution in [0.3, 0.4) is 0 Å². The quantitative estimate of drug-likeness (QED) is 0.126. The molecule has 0 N–H and O–H groups in total. The van der Waals surface area contributed by atoms with Gasteiger partial charge >= 0.3 is 0 Å². The average Bonchev–Trinajstić information content (AvgIpc) is 4.13. The molecule has 0 unspecified atom stereocenters. The van der Waals surface area contributed by atoms with E-state index < -0.39 is 43.8 Å². The summed E-state index contributed by atoms with van der Waals surface area (Å²) in [6.45, 7) is 7.33. The number of halogens is 14. The standard InChI is InChI=1S/C6H7F2N.C6H8O.C5H5ClF2N2.C5H5F3N2.C5H6F2N2.C5H5F2NS.C5H7FN2.C4H3IS/c1-9-3-2-5(4-9)6(7)8;1-5-3-4-6(2)7-5;2*1-10-4(6)2-3(9-10)5(7)8;1-9-3-2-4(8-9)5(6)7;1-3-8-4(2-9-3)5(6)7;1-4-3-5(6)8(2)7-4;5-4-2-1-3-6-4/h2-4,6H,1H3;3-4H,1-2H3;2*2,5H,1H3;2-3,5H,1H3;2,5H,1H3;3H,1-2H3;1-3H. The van der Waals surface area contributed by atoms with Gasteiger partial charge in [0.05, 0.1) is 13.6 Å². The Balaban J connectivity index is 0.000000390. The number of rotatable bonds is 5. The molecule has 0 fully saturated rings. The van der Waals surface area contributed by atoms with Crippen molar-refractivity contribution in [1.29, 1.82) is 0 Å². The molecule has 8 aromatic rings. The zero-order chi connectivity index (χ0) is 51.8. The lowest BCUT2D eigenvalue weighted by Crippen LogP contribution is -1.94. The summed E-state index contributed by atoms with van der Waals surface area (Å²) in [6.07, 6.45) is -7.96. The van der Waals surface area contributed by atoms with Crippen LogP contribution < -0.4 is 0 Å². The molecule has 0 atom stereocenters. The minimum Gasteiger partial charge on any atom is -0.467 e. The first-order chi connectivity index (χ1) is 31.7. The van der Waals surface area contributed by atoms with Crippen LogP contribution in [0.15, 0.2) is 88.4 Å². The number of aromatic nitrogens is 10. The van der Waals surface area contributed by atoms with Crippen molar-refractivity contribution in [3.63, 3.8) is 0 Å². The topological polar surface area (TPSA) is 102 Å². The Bertz CT molecular complexity index is 2340.